The minimum absolute atomic E-state index is 0.132. The van der Waals surface area contributed by atoms with Gasteiger partial charge in [0.2, 0.25) is 0 Å². The lowest BCUT2D eigenvalue weighted by atomic mass is 10.1. The molecule has 0 fully saturated rings. The summed E-state index contributed by atoms with van der Waals surface area (Å²) in [5.74, 6) is -0.533. The molecule has 0 unspecified atom stereocenters. The van der Waals surface area contributed by atoms with Crippen molar-refractivity contribution in [2.24, 2.45) is 0 Å². The van der Waals surface area contributed by atoms with Crippen LogP contribution in [0.2, 0.25) is 0 Å². The van der Waals surface area contributed by atoms with E-state index in [1.807, 2.05) is 24.3 Å². The van der Waals surface area contributed by atoms with Crippen LogP contribution in [0.3, 0.4) is 0 Å². The van der Waals surface area contributed by atoms with Crippen molar-refractivity contribution in [1.29, 1.82) is 0 Å². The normalized spacial score (nSPS) is 10.8. The van der Waals surface area contributed by atoms with Crippen molar-refractivity contribution < 1.29 is 14.3 Å². The fourth-order valence-electron chi connectivity index (χ4n) is 3.10. The summed E-state index contributed by atoms with van der Waals surface area (Å²) in [5, 5.41) is 4.62. The van der Waals surface area contributed by atoms with Gasteiger partial charge in [0.05, 0.1) is 18.8 Å². The van der Waals surface area contributed by atoms with Crippen molar-refractivity contribution in [1.82, 2.24) is 19.7 Å². The molecule has 0 aliphatic carbocycles. The SMILES string of the molecule is CCCCCN(C(=O)c1ccc(Cn2cncn2)cc1)c1nc(C)c(C(=O)OCC)s1. The van der Waals surface area contributed by atoms with E-state index >= 15 is 0 Å². The first-order chi connectivity index (χ1) is 15.0. The van der Waals surface area contributed by atoms with E-state index in [-0.39, 0.29) is 5.91 Å². The van der Waals surface area contributed by atoms with Crippen molar-refractivity contribution in [3.63, 3.8) is 0 Å². The van der Waals surface area contributed by atoms with Crippen LogP contribution in [0.4, 0.5) is 5.13 Å². The monoisotopic (exact) mass is 441 g/mol. The van der Waals surface area contributed by atoms with Crippen molar-refractivity contribution in [3.8, 4) is 0 Å². The molecular formula is C22H27N5O3S. The number of benzene rings is 1. The van der Waals surface area contributed by atoms with E-state index in [1.54, 1.807) is 29.8 Å². The van der Waals surface area contributed by atoms with Crippen LogP contribution in [0.25, 0.3) is 0 Å². The molecule has 0 bridgehead atoms. The standard InChI is InChI=1S/C22H27N5O3S/c1-4-6-7-12-27(22-25-16(3)19(31-22)21(29)30-5-2)20(28)18-10-8-17(9-11-18)13-26-15-23-14-24-26/h8-11,14-15H,4-7,12-13H2,1-3H3. The molecule has 0 atom stereocenters. The Morgan fingerprint density at radius 1 is 1.16 bits per heavy atom. The number of ether oxygens (including phenoxy) is 1. The first-order valence-electron chi connectivity index (χ1n) is 10.4. The number of unbranched alkanes of at least 4 members (excludes halogenated alkanes) is 2. The summed E-state index contributed by atoms with van der Waals surface area (Å²) in [6.45, 7) is 7.08. The van der Waals surface area contributed by atoms with Gasteiger partial charge in [0.15, 0.2) is 5.13 Å². The van der Waals surface area contributed by atoms with Gasteiger partial charge in [-0.15, -0.1) is 0 Å². The quantitative estimate of drug-likeness (QED) is 0.347. The second-order valence-electron chi connectivity index (χ2n) is 7.09. The summed E-state index contributed by atoms with van der Waals surface area (Å²) in [7, 11) is 0. The van der Waals surface area contributed by atoms with Crippen molar-refractivity contribution >= 4 is 28.3 Å². The highest BCUT2D eigenvalue weighted by molar-refractivity contribution is 7.17. The van der Waals surface area contributed by atoms with Crippen LogP contribution in [0.15, 0.2) is 36.9 Å². The Kier molecular flexibility index (Phi) is 7.88. The predicted molar refractivity (Wildman–Crippen MR) is 120 cm³/mol. The number of thiazole rings is 1. The average molecular weight is 442 g/mol. The Morgan fingerprint density at radius 2 is 1.94 bits per heavy atom. The smallest absolute Gasteiger partial charge is 0.350 e. The summed E-state index contributed by atoms with van der Waals surface area (Å²) < 4.78 is 6.84. The minimum Gasteiger partial charge on any atom is -0.462 e. The van der Waals surface area contributed by atoms with Crippen molar-refractivity contribution in [2.45, 2.75) is 46.6 Å². The first-order valence-corrected chi connectivity index (χ1v) is 11.2. The number of esters is 1. The zero-order valence-electron chi connectivity index (χ0n) is 18.1. The van der Waals surface area contributed by atoms with Gasteiger partial charge in [-0.25, -0.2) is 19.4 Å². The highest BCUT2D eigenvalue weighted by atomic mass is 32.1. The van der Waals surface area contributed by atoms with Gasteiger partial charge in [0, 0.05) is 12.1 Å². The van der Waals surface area contributed by atoms with Crippen LogP contribution in [-0.2, 0) is 11.3 Å². The molecule has 0 radical (unpaired) electrons. The molecule has 31 heavy (non-hydrogen) atoms. The Balaban J connectivity index is 1.82. The lowest BCUT2D eigenvalue weighted by Gasteiger charge is -2.20. The lowest BCUT2D eigenvalue weighted by Crippen LogP contribution is -2.32. The highest BCUT2D eigenvalue weighted by Crippen LogP contribution is 2.28. The van der Waals surface area contributed by atoms with Gasteiger partial charge >= 0.3 is 5.97 Å². The molecule has 0 N–H and O–H groups in total. The molecule has 0 spiro atoms. The molecule has 164 valence electrons. The molecule has 0 aliphatic heterocycles. The van der Waals surface area contributed by atoms with E-state index < -0.39 is 5.97 Å². The maximum atomic E-state index is 13.3. The average Bonchev–Trinajstić information content (AvgIpc) is 3.41. The minimum atomic E-state index is -0.401. The molecule has 0 saturated carbocycles. The van der Waals surface area contributed by atoms with Gasteiger partial charge in [-0.2, -0.15) is 5.10 Å². The number of aryl methyl sites for hydroxylation is 1. The maximum absolute atomic E-state index is 13.3. The van der Waals surface area contributed by atoms with Crippen LogP contribution in [-0.4, -0.2) is 44.8 Å². The molecule has 3 aromatic rings. The number of rotatable bonds is 10. The van der Waals surface area contributed by atoms with Gasteiger partial charge in [-0.05, 0) is 38.0 Å². The number of anilines is 1. The third-order valence-electron chi connectivity index (χ3n) is 4.72. The van der Waals surface area contributed by atoms with Gasteiger partial charge in [0.25, 0.3) is 5.91 Å². The largest absolute Gasteiger partial charge is 0.462 e. The Morgan fingerprint density at radius 3 is 2.58 bits per heavy atom. The first kappa shape index (κ1) is 22.6. The molecule has 3 rings (SSSR count). The number of carbonyl (C=O) groups excluding carboxylic acids is 2. The molecule has 2 heterocycles. The molecule has 2 aromatic heterocycles. The van der Waals surface area contributed by atoms with Crippen molar-refractivity contribution in [2.75, 3.05) is 18.1 Å². The number of aromatic nitrogens is 4. The molecule has 0 aliphatic rings. The van der Waals surface area contributed by atoms with Crippen LogP contribution in [0.5, 0.6) is 0 Å². The van der Waals surface area contributed by atoms with E-state index in [0.29, 0.717) is 41.0 Å². The summed E-state index contributed by atoms with van der Waals surface area (Å²) in [4.78, 5) is 36.1. The molecule has 0 saturated heterocycles. The highest BCUT2D eigenvalue weighted by Gasteiger charge is 2.24. The third kappa shape index (κ3) is 5.75. The van der Waals surface area contributed by atoms with Gasteiger partial charge in [-0.3, -0.25) is 9.69 Å². The third-order valence-corrected chi connectivity index (χ3v) is 5.88. The molecule has 8 nitrogen and oxygen atoms in total. The predicted octanol–water partition coefficient (Wildman–Crippen LogP) is 4.11. The van der Waals surface area contributed by atoms with Gasteiger partial charge < -0.3 is 4.74 Å². The van der Waals surface area contributed by atoms with Gasteiger partial charge in [0.1, 0.15) is 17.5 Å². The van der Waals surface area contributed by atoms with E-state index in [9.17, 15) is 9.59 Å². The fourth-order valence-corrected chi connectivity index (χ4v) is 4.08. The van der Waals surface area contributed by atoms with E-state index in [4.69, 9.17) is 4.74 Å². The van der Waals surface area contributed by atoms with E-state index in [2.05, 4.69) is 22.0 Å². The van der Waals surface area contributed by atoms with Crippen LogP contribution in [0.1, 0.15) is 64.4 Å². The number of amides is 1. The van der Waals surface area contributed by atoms with Crippen molar-refractivity contribution in [3.05, 3.63) is 58.6 Å². The number of hydrogen-bond donors (Lipinski definition) is 0. The summed E-state index contributed by atoms with van der Waals surface area (Å²) in [5.41, 5.74) is 2.17. The number of nitrogens with zero attached hydrogens (tertiary/aromatic N) is 5. The number of carbonyl (C=O) groups is 2. The van der Waals surface area contributed by atoms with Crippen LogP contribution < -0.4 is 4.90 Å². The van der Waals surface area contributed by atoms with Gasteiger partial charge in [-0.1, -0.05) is 43.2 Å². The molecular weight excluding hydrogens is 414 g/mol. The Labute approximate surface area is 185 Å². The summed E-state index contributed by atoms with van der Waals surface area (Å²) in [6.07, 6.45) is 6.06. The summed E-state index contributed by atoms with van der Waals surface area (Å²) in [6, 6.07) is 7.45. The van der Waals surface area contributed by atoms with Crippen LogP contribution in [0, 0.1) is 6.92 Å². The topological polar surface area (TPSA) is 90.2 Å². The zero-order chi connectivity index (χ0) is 22.2. The number of hydrogen-bond acceptors (Lipinski definition) is 7. The van der Waals surface area contributed by atoms with E-state index in [0.717, 1.165) is 24.8 Å². The summed E-state index contributed by atoms with van der Waals surface area (Å²) >= 11 is 1.20. The second kappa shape index (κ2) is 10.8. The Bertz CT molecular complexity index is 999. The second-order valence-corrected chi connectivity index (χ2v) is 8.06. The lowest BCUT2D eigenvalue weighted by molar-refractivity contribution is 0.0531. The molecule has 9 heteroatoms. The maximum Gasteiger partial charge on any atom is 0.350 e. The van der Waals surface area contributed by atoms with E-state index in [1.165, 1.54) is 17.7 Å². The Hall–Kier alpha value is -3.07. The van der Waals surface area contributed by atoms with Crippen LogP contribution >= 0.6 is 11.3 Å². The molecule has 1 amide bonds. The zero-order valence-corrected chi connectivity index (χ0v) is 18.9. The molecule has 1 aromatic carbocycles. The fraction of sp³-hybridized carbons (Fsp3) is 0.409.